The molecular weight excluding hydrogens is 182 g/mol. The van der Waals surface area contributed by atoms with Crippen molar-refractivity contribution in [3.05, 3.63) is 0 Å². The number of hydrogen-bond acceptors (Lipinski definition) is 3. The zero-order valence-electron chi connectivity index (χ0n) is 7.29. The van der Waals surface area contributed by atoms with Gasteiger partial charge in [0.1, 0.15) is 0 Å². The average Bonchev–Trinajstić information content (AvgIpc) is 2.01. The molecule has 0 aliphatic carbocycles. The predicted molar refractivity (Wildman–Crippen MR) is 54.1 cm³/mol. The Kier molecular flexibility index (Phi) is 15.8. The summed E-state index contributed by atoms with van der Waals surface area (Å²) in [6.07, 6.45) is 2.30. The van der Waals surface area contributed by atoms with Crippen molar-refractivity contribution in [2.24, 2.45) is 0 Å². The molecule has 0 radical (unpaired) electrons. The van der Waals surface area contributed by atoms with Crippen molar-refractivity contribution in [1.29, 1.82) is 0 Å². The molecule has 3 nitrogen and oxygen atoms in total. The maximum atomic E-state index is 8.64. The number of rotatable bonds is 7. The number of aliphatic hydroxyl groups excluding tert-OH is 2. The van der Waals surface area contributed by atoms with Crippen LogP contribution in [0.15, 0.2) is 0 Å². The van der Waals surface area contributed by atoms with Gasteiger partial charge in [0.25, 0.3) is 0 Å². The average molecular weight is 203 g/mol. The van der Waals surface area contributed by atoms with E-state index in [4.69, 9.17) is 10.2 Å². The van der Waals surface area contributed by atoms with Crippen LogP contribution in [0.5, 0.6) is 0 Å². The number of hydrogen-bond donors (Lipinski definition) is 2. The van der Waals surface area contributed by atoms with Crippen molar-refractivity contribution < 1.29 is 10.2 Å². The van der Waals surface area contributed by atoms with Gasteiger partial charge in [-0.25, -0.2) is 0 Å². The Bertz CT molecular complexity index is 77.5. The van der Waals surface area contributed by atoms with E-state index in [9.17, 15) is 0 Å². The Hall–Kier alpha value is 1.14. The van der Waals surface area contributed by atoms with Crippen LogP contribution >= 0.6 is 0 Å². The van der Waals surface area contributed by atoms with E-state index in [0.29, 0.717) is 13.1 Å². The standard InChI is InChI=1S/C8H19NO2.Ca.2H/c1-2-3-4-9(5-7-10)6-8-11;;;/h10-11H,2-8H2,1H3;;;. The molecule has 0 bridgehead atoms. The Morgan fingerprint density at radius 1 is 1.00 bits per heavy atom. The molecule has 0 amide bonds. The van der Waals surface area contributed by atoms with Gasteiger partial charge in [-0.1, -0.05) is 13.3 Å². The zero-order chi connectivity index (χ0) is 8.53. The maximum absolute atomic E-state index is 8.64. The van der Waals surface area contributed by atoms with Crippen molar-refractivity contribution in [2.45, 2.75) is 19.8 Å². The number of aliphatic hydroxyl groups is 2. The molecule has 0 aromatic rings. The summed E-state index contributed by atoms with van der Waals surface area (Å²) in [5.74, 6) is 0. The third kappa shape index (κ3) is 9.23. The van der Waals surface area contributed by atoms with E-state index in [2.05, 4.69) is 11.8 Å². The van der Waals surface area contributed by atoms with Crippen LogP contribution in [-0.2, 0) is 0 Å². The van der Waals surface area contributed by atoms with Crippen LogP contribution in [0.1, 0.15) is 19.8 Å². The molecule has 0 aromatic carbocycles. The van der Waals surface area contributed by atoms with E-state index < -0.39 is 0 Å². The minimum atomic E-state index is 0. The fraction of sp³-hybridized carbons (Fsp3) is 1.00. The molecule has 12 heavy (non-hydrogen) atoms. The second-order valence-electron chi connectivity index (χ2n) is 2.64. The SMILES string of the molecule is CCCCN(CCO)CCO.[CaH2]. The van der Waals surface area contributed by atoms with E-state index in [-0.39, 0.29) is 51.0 Å². The quantitative estimate of drug-likeness (QED) is 0.530. The van der Waals surface area contributed by atoms with Crippen LogP contribution in [0, 0.1) is 0 Å². The van der Waals surface area contributed by atoms with Gasteiger partial charge in [-0.05, 0) is 13.0 Å². The summed E-state index contributed by atoms with van der Waals surface area (Å²) in [6.45, 7) is 4.85. The fourth-order valence-corrected chi connectivity index (χ4v) is 1.000. The third-order valence-electron chi connectivity index (χ3n) is 1.66. The summed E-state index contributed by atoms with van der Waals surface area (Å²) < 4.78 is 0. The topological polar surface area (TPSA) is 43.7 Å². The van der Waals surface area contributed by atoms with Crippen LogP contribution in [0.4, 0.5) is 0 Å². The zero-order valence-corrected chi connectivity index (χ0v) is 7.29. The van der Waals surface area contributed by atoms with E-state index in [1.54, 1.807) is 0 Å². The van der Waals surface area contributed by atoms with Gasteiger partial charge in [0.05, 0.1) is 13.2 Å². The van der Waals surface area contributed by atoms with Gasteiger partial charge in [-0.15, -0.1) is 0 Å². The van der Waals surface area contributed by atoms with Crippen LogP contribution in [0.3, 0.4) is 0 Å². The molecule has 0 unspecified atom stereocenters. The van der Waals surface area contributed by atoms with Gasteiger partial charge in [-0.3, -0.25) is 4.90 Å². The summed E-state index contributed by atoms with van der Waals surface area (Å²) in [6, 6.07) is 0. The first-order valence-electron chi connectivity index (χ1n) is 4.29. The van der Waals surface area contributed by atoms with Crippen LogP contribution in [0.2, 0.25) is 0 Å². The first-order valence-corrected chi connectivity index (χ1v) is 4.29. The van der Waals surface area contributed by atoms with E-state index in [1.807, 2.05) is 0 Å². The van der Waals surface area contributed by atoms with Crippen molar-refractivity contribution in [3.63, 3.8) is 0 Å². The third-order valence-corrected chi connectivity index (χ3v) is 1.66. The van der Waals surface area contributed by atoms with Crippen molar-refractivity contribution in [3.8, 4) is 0 Å². The Labute approximate surface area is 105 Å². The summed E-state index contributed by atoms with van der Waals surface area (Å²) in [4.78, 5) is 2.07. The molecule has 2 N–H and O–H groups in total. The molecule has 0 heterocycles. The molecule has 0 atom stereocenters. The molecule has 0 aliphatic rings. The minimum absolute atomic E-state index is 0. The monoisotopic (exact) mass is 203 g/mol. The molecule has 4 heteroatoms. The van der Waals surface area contributed by atoms with Gasteiger partial charge < -0.3 is 10.2 Å². The van der Waals surface area contributed by atoms with Gasteiger partial charge in [0, 0.05) is 13.1 Å². The van der Waals surface area contributed by atoms with E-state index >= 15 is 0 Å². The molecule has 72 valence electrons. The first-order chi connectivity index (χ1) is 5.35. The number of nitrogens with zero attached hydrogens (tertiary/aromatic N) is 1. The summed E-state index contributed by atoms with van der Waals surface area (Å²) in [7, 11) is 0. The molecule has 0 spiro atoms. The van der Waals surface area contributed by atoms with Crippen molar-refractivity contribution in [2.75, 3.05) is 32.8 Å². The van der Waals surface area contributed by atoms with Gasteiger partial charge in [-0.2, -0.15) is 0 Å². The number of unbranched alkanes of at least 4 members (excludes halogenated alkanes) is 1. The second kappa shape index (κ2) is 12.1. The second-order valence-corrected chi connectivity index (χ2v) is 2.64. The molecule has 0 saturated heterocycles. The molecule has 0 aliphatic heterocycles. The van der Waals surface area contributed by atoms with Crippen LogP contribution < -0.4 is 0 Å². The molecular formula is C8H21CaNO2. The van der Waals surface area contributed by atoms with Gasteiger partial charge >= 0.3 is 37.7 Å². The van der Waals surface area contributed by atoms with Gasteiger partial charge in [0.2, 0.25) is 0 Å². The summed E-state index contributed by atoms with van der Waals surface area (Å²) >= 11 is 0. The molecule has 0 fully saturated rings. The molecule has 0 aromatic heterocycles. The Balaban J connectivity index is 0. The Morgan fingerprint density at radius 3 is 1.83 bits per heavy atom. The Morgan fingerprint density at radius 2 is 1.50 bits per heavy atom. The fourth-order valence-electron chi connectivity index (χ4n) is 1.000. The molecule has 0 rings (SSSR count). The van der Waals surface area contributed by atoms with Crippen LogP contribution in [-0.4, -0.2) is 85.7 Å². The molecule has 0 saturated carbocycles. The van der Waals surface area contributed by atoms with E-state index in [0.717, 1.165) is 19.4 Å². The first kappa shape index (κ1) is 15.6. The normalized spacial score (nSPS) is 10.0. The van der Waals surface area contributed by atoms with Crippen molar-refractivity contribution >= 4 is 37.7 Å². The predicted octanol–water partition coefficient (Wildman–Crippen LogP) is -0.843. The summed E-state index contributed by atoms with van der Waals surface area (Å²) in [5, 5.41) is 17.3. The van der Waals surface area contributed by atoms with E-state index in [1.165, 1.54) is 0 Å². The van der Waals surface area contributed by atoms with Crippen LogP contribution in [0.25, 0.3) is 0 Å². The van der Waals surface area contributed by atoms with Crippen molar-refractivity contribution in [1.82, 2.24) is 4.90 Å². The summed E-state index contributed by atoms with van der Waals surface area (Å²) in [5.41, 5.74) is 0. The van der Waals surface area contributed by atoms with Gasteiger partial charge in [0.15, 0.2) is 0 Å².